The smallest absolute Gasteiger partial charge is 0.341 e. The van der Waals surface area contributed by atoms with E-state index in [2.05, 4.69) is 10.1 Å². The Balaban J connectivity index is 1.97. The minimum atomic E-state index is -0.429. The lowest BCUT2D eigenvalue weighted by Crippen LogP contribution is -2.23. The van der Waals surface area contributed by atoms with Gasteiger partial charge in [-0.25, -0.2) is 4.79 Å². The first-order valence-corrected chi connectivity index (χ1v) is 6.29. The Morgan fingerprint density at radius 1 is 1.40 bits per heavy atom. The third-order valence-corrected chi connectivity index (χ3v) is 2.98. The average molecular weight is 275 g/mol. The largest absolute Gasteiger partial charge is 0.467 e. The molecule has 5 nitrogen and oxygen atoms in total. The summed E-state index contributed by atoms with van der Waals surface area (Å²) >= 11 is 0. The number of carbonyl (C=O) groups excluding carboxylic acids is 1. The molecule has 0 bridgehead atoms. The molecule has 0 fully saturated rings. The number of aliphatic hydroxyl groups is 1. The highest BCUT2D eigenvalue weighted by Gasteiger charge is 2.13. The number of nitrogens with one attached hydrogen (secondary N) is 1. The van der Waals surface area contributed by atoms with Crippen LogP contribution in [0.3, 0.4) is 0 Å². The van der Waals surface area contributed by atoms with Crippen molar-refractivity contribution in [3.8, 4) is 0 Å². The van der Waals surface area contributed by atoms with Gasteiger partial charge in [0, 0.05) is 0 Å². The predicted octanol–water partition coefficient (Wildman–Crippen LogP) is 1.89. The lowest BCUT2D eigenvalue weighted by Gasteiger charge is -2.15. The molecule has 0 saturated carbocycles. The normalized spacial score (nSPS) is 12.1. The molecule has 5 heteroatoms. The van der Waals surface area contributed by atoms with E-state index in [4.69, 9.17) is 4.42 Å². The van der Waals surface area contributed by atoms with Crippen molar-refractivity contribution in [3.63, 3.8) is 0 Å². The molecule has 0 unspecified atom stereocenters. The number of hydrogen-bond acceptors (Lipinski definition) is 5. The molecule has 0 radical (unpaired) electrons. The maximum atomic E-state index is 11.3. The molecule has 0 saturated heterocycles. The van der Waals surface area contributed by atoms with Crippen LogP contribution >= 0.6 is 0 Å². The first kappa shape index (κ1) is 14.3. The van der Waals surface area contributed by atoms with Crippen molar-refractivity contribution >= 4 is 5.97 Å². The number of hydrogen-bond donors (Lipinski definition) is 2. The van der Waals surface area contributed by atoms with Crippen molar-refractivity contribution in [2.45, 2.75) is 12.6 Å². The highest BCUT2D eigenvalue weighted by Crippen LogP contribution is 2.14. The summed E-state index contributed by atoms with van der Waals surface area (Å²) in [7, 11) is 1.32. The van der Waals surface area contributed by atoms with Gasteiger partial charge in [-0.15, -0.1) is 0 Å². The zero-order valence-electron chi connectivity index (χ0n) is 11.2. The highest BCUT2D eigenvalue weighted by molar-refractivity contribution is 5.88. The Morgan fingerprint density at radius 3 is 2.80 bits per heavy atom. The molecule has 2 aromatic rings. The van der Waals surface area contributed by atoms with Crippen LogP contribution in [0.4, 0.5) is 0 Å². The van der Waals surface area contributed by atoms with Crippen LogP contribution in [0, 0.1) is 0 Å². The minimum Gasteiger partial charge on any atom is -0.467 e. The molecule has 1 aromatic heterocycles. The second kappa shape index (κ2) is 6.88. The average Bonchev–Trinajstić information content (AvgIpc) is 2.97. The maximum Gasteiger partial charge on any atom is 0.341 e. The van der Waals surface area contributed by atoms with Gasteiger partial charge in [-0.3, -0.25) is 0 Å². The first-order chi connectivity index (χ1) is 9.74. The van der Waals surface area contributed by atoms with E-state index < -0.39 is 5.97 Å². The predicted molar refractivity (Wildman–Crippen MR) is 73.2 cm³/mol. The molecule has 2 rings (SSSR count). The van der Waals surface area contributed by atoms with E-state index in [1.165, 1.54) is 13.4 Å². The van der Waals surface area contributed by atoms with Gasteiger partial charge in [0.25, 0.3) is 0 Å². The molecule has 1 aromatic carbocycles. The van der Waals surface area contributed by atoms with Gasteiger partial charge in [0.05, 0.1) is 31.9 Å². The second-order valence-corrected chi connectivity index (χ2v) is 4.32. The minimum absolute atomic E-state index is 0.0193. The lowest BCUT2D eigenvalue weighted by molar-refractivity contribution is 0.0600. The number of methoxy groups -OCH3 is 1. The van der Waals surface area contributed by atoms with Crippen molar-refractivity contribution in [2.24, 2.45) is 0 Å². The summed E-state index contributed by atoms with van der Waals surface area (Å²) in [6.07, 6.45) is 1.36. The van der Waals surface area contributed by atoms with Crippen LogP contribution in [0.25, 0.3) is 0 Å². The Hall–Kier alpha value is -2.11. The summed E-state index contributed by atoms with van der Waals surface area (Å²) < 4.78 is 9.88. The van der Waals surface area contributed by atoms with Crippen LogP contribution in [0.2, 0.25) is 0 Å². The van der Waals surface area contributed by atoms with E-state index in [1.54, 1.807) is 6.07 Å². The third-order valence-electron chi connectivity index (χ3n) is 2.98. The van der Waals surface area contributed by atoms with E-state index in [9.17, 15) is 9.90 Å². The van der Waals surface area contributed by atoms with Crippen LogP contribution in [0.15, 0.2) is 47.1 Å². The zero-order chi connectivity index (χ0) is 14.4. The van der Waals surface area contributed by atoms with Gasteiger partial charge in [0.1, 0.15) is 12.0 Å². The molecule has 106 valence electrons. The SMILES string of the molecule is COC(=O)c1coc(CN[C@@H](CO)c2ccccc2)c1. The van der Waals surface area contributed by atoms with Gasteiger partial charge in [-0.1, -0.05) is 30.3 Å². The van der Waals surface area contributed by atoms with Gasteiger partial charge in [-0.2, -0.15) is 0 Å². The van der Waals surface area contributed by atoms with E-state index in [1.807, 2.05) is 30.3 Å². The fraction of sp³-hybridized carbons (Fsp3) is 0.267. The van der Waals surface area contributed by atoms with Gasteiger partial charge < -0.3 is 19.6 Å². The number of furan rings is 1. The highest BCUT2D eigenvalue weighted by atomic mass is 16.5. The van der Waals surface area contributed by atoms with E-state index >= 15 is 0 Å². The number of ether oxygens (including phenoxy) is 1. The van der Waals surface area contributed by atoms with E-state index in [0.717, 1.165) is 5.56 Å². The number of esters is 1. The van der Waals surface area contributed by atoms with Gasteiger partial charge in [0.15, 0.2) is 0 Å². The molecule has 0 amide bonds. The molecule has 1 atom stereocenters. The van der Waals surface area contributed by atoms with Crippen molar-refractivity contribution in [2.75, 3.05) is 13.7 Å². The summed E-state index contributed by atoms with van der Waals surface area (Å²) in [5.41, 5.74) is 1.37. The molecular formula is C15H17NO4. The topological polar surface area (TPSA) is 71.7 Å². The Labute approximate surface area is 117 Å². The molecule has 0 aliphatic heterocycles. The van der Waals surface area contributed by atoms with Crippen LogP contribution in [0.5, 0.6) is 0 Å². The summed E-state index contributed by atoms with van der Waals surface area (Å²) in [5.74, 6) is 0.182. The number of benzene rings is 1. The monoisotopic (exact) mass is 275 g/mol. The second-order valence-electron chi connectivity index (χ2n) is 4.32. The molecular weight excluding hydrogens is 258 g/mol. The van der Waals surface area contributed by atoms with Crippen LogP contribution in [-0.2, 0) is 11.3 Å². The number of aliphatic hydroxyl groups excluding tert-OH is 1. The third kappa shape index (κ3) is 3.46. The van der Waals surface area contributed by atoms with Crippen molar-refractivity contribution < 1.29 is 19.1 Å². The Kier molecular flexibility index (Phi) is 4.92. The summed E-state index contributed by atoms with van der Waals surface area (Å²) in [5, 5.41) is 12.6. The lowest BCUT2D eigenvalue weighted by atomic mass is 10.1. The van der Waals surface area contributed by atoms with Crippen LogP contribution in [0.1, 0.15) is 27.7 Å². The van der Waals surface area contributed by atoms with Crippen LogP contribution in [-0.4, -0.2) is 24.8 Å². The zero-order valence-corrected chi connectivity index (χ0v) is 11.2. The van der Waals surface area contributed by atoms with Crippen molar-refractivity contribution in [3.05, 3.63) is 59.5 Å². The number of carbonyl (C=O) groups is 1. The molecule has 0 aliphatic rings. The summed E-state index contributed by atoms with van der Waals surface area (Å²) in [6, 6.07) is 11.1. The maximum absolute atomic E-state index is 11.3. The molecule has 2 N–H and O–H groups in total. The fourth-order valence-electron chi connectivity index (χ4n) is 1.90. The van der Waals surface area contributed by atoms with Crippen molar-refractivity contribution in [1.82, 2.24) is 5.32 Å². The summed E-state index contributed by atoms with van der Waals surface area (Å²) in [6.45, 7) is 0.395. The van der Waals surface area contributed by atoms with Gasteiger partial charge >= 0.3 is 5.97 Å². The quantitative estimate of drug-likeness (QED) is 0.788. The van der Waals surface area contributed by atoms with Gasteiger partial charge in [0.2, 0.25) is 0 Å². The number of rotatable bonds is 6. The molecule has 0 spiro atoms. The van der Waals surface area contributed by atoms with Gasteiger partial charge in [-0.05, 0) is 11.6 Å². The van der Waals surface area contributed by atoms with Crippen LogP contribution < -0.4 is 5.32 Å². The fourth-order valence-corrected chi connectivity index (χ4v) is 1.90. The molecule has 20 heavy (non-hydrogen) atoms. The molecule has 1 heterocycles. The standard InChI is InChI=1S/C15H17NO4/c1-19-15(18)12-7-13(20-10-12)8-16-14(9-17)11-5-3-2-4-6-11/h2-7,10,14,16-17H,8-9H2,1H3/t14-/m0/s1. The first-order valence-electron chi connectivity index (χ1n) is 6.29. The van der Waals surface area contributed by atoms with E-state index in [-0.39, 0.29) is 12.6 Å². The molecule has 0 aliphatic carbocycles. The Bertz CT molecular complexity index is 550. The summed E-state index contributed by atoms with van der Waals surface area (Å²) in [4.78, 5) is 11.3. The van der Waals surface area contributed by atoms with Crippen molar-refractivity contribution in [1.29, 1.82) is 0 Å². The van der Waals surface area contributed by atoms with E-state index in [0.29, 0.717) is 17.9 Å². The Morgan fingerprint density at radius 2 is 2.15 bits per heavy atom.